The maximum atomic E-state index is 12.5. The summed E-state index contributed by atoms with van der Waals surface area (Å²) in [5, 5.41) is 0. The number of halogens is 2. The van der Waals surface area contributed by atoms with Crippen LogP contribution in [0.5, 0.6) is 11.6 Å². The zero-order valence-electron chi connectivity index (χ0n) is 8.66. The number of nitrogens with zero attached hydrogens (tertiary/aromatic N) is 1. The van der Waals surface area contributed by atoms with Crippen molar-refractivity contribution in [3.05, 3.63) is 17.3 Å². The minimum atomic E-state index is -2.83. The Morgan fingerprint density at radius 3 is 2.44 bits per heavy atom. The predicted molar refractivity (Wildman–Crippen MR) is 50.8 cm³/mol. The van der Waals surface area contributed by atoms with Crippen molar-refractivity contribution >= 4 is 5.91 Å². The summed E-state index contributed by atoms with van der Waals surface area (Å²) in [5.41, 5.74) is 4.34. The normalized spacial score (nSPS) is 10.3. The van der Waals surface area contributed by atoms with E-state index >= 15 is 0 Å². The van der Waals surface area contributed by atoms with E-state index in [4.69, 9.17) is 15.2 Å². The van der Waals surface area contributed by atoms with E-state index < -0.39 is 18.0 Å². The fourth-order valence-corrected chi connectivity index (χ4v) is 1.14. The van der Waals surface area contributed by atoms with E-state index in [9.17, 15) is 13.6 Å². The molecule has 5 nitrogen and oxygen atoms in total. The van der Waals surface area contributed by atoms with Crippen molar-refractivity contribution in [1.29, 1.82) is 0 Å². The molecule has 88 valence electrons. The van der Waals surface area contributed by atoms with Gasteiger partial charge in [0.1, 0.15) is 11.3 Å². The molecule has 0 unspecified atom stereocenters. The topological polar surface area (TPSA) is 74.4 Å². The van der Waals surface area contributed by atoms with Crippen molar-refractivity contribution < 1.29 is 23.0 Å². The zero-order chi connectivity index (χ0) is 12.3. The average molecular weight is 232 g/mol. The third kappa shape index (κ3) is 2.18. The van der Waals surface area contributed by atoms with Crippen LogP contribution < -0.4 is 15.2 Å². The van der Waals surface area contributed by atoms with Crippen LogP contribution in [-0.2, 0) is 0 Å². The lowest BCUT2D eigenvalue weighted by molar-refractivity contribution is 0.0994. The highest BCUT2D eigenvalue weighted by molar-refractivity contribution is 5.95. The van der Waals surface area contributed by atoms with Crippen LogP contribution >= 0.6 is 0 Å². The van der Waals surface area contributed by atoms with Crippen LogP contribution in [0.2, 0.25) is 0 Å². The third-order valence-electron chi connectivity index (χ3n) is 1.87. The Hall–Kier alpha value is -1.92. The summed E-state index contributed by atoms with van der Waals surface area (Å²) in [5.74, 6) is -1.28. The summed E-state index contributed by atoms with van der Waals surface area (Å²) < 4.78 is 34.5. The number of carbonyl (C=O) groups is 1. The van der Waals surface area contributed by atoms with Crippen LogP contribution in [0.25, 0.3) is 0 Å². The van der Waals surface area contributed by atoms with Crippen LogP contribution in [0.1, 0.15) is 22.5 Å². The molecule has 16 heavy (non-hydrogen) atoms. The first-order valence-electron chi connectivity index (χ1n) is 4.22. The highest BCUT2D eigenvalue weighted by Crippen LogP contribution is 2.31. The molecule has 0 spiro atoms. The maximum absolute atomic E-state index is 12.5. The number of carbonyl (C=O) groups excluding carboxylic acids is 1. The van der Waals surface area contributed by atoms with Crippen LogP contribution in [0.4, 0.5) is 8.78 Å². The number of nitrogens with two attached hydrogens (primary N) is 1. The fourth-order valence-electron chi connectivity index (χ4n) is 1.14. The molecule has 0 aromatic carbocycles. The lowest BCUT2D eigenvalue weighted by atomic mass is 10.2. The van der Waals surface area contributed by atoms with Gasteiger partial charge in [-0.1, -0.05) is 0 Å². The second kappa shape index (κ2) is 4.73. The van der Waals surface area contributed by atoms with Crippen molar-refractivity contribution in [3.63, 3.8) is 0 Å². The molecule has 1 amide bonds. The van der Waals surface area contributed by atoms with Crippen LogP contribution in [0.15, 0.2) is 6.07 Å². The average Bonchev–Trinajstić information content (AvgIpc) is 2.26. The van der Waals surface area contributed by atoms with Gasteiger partial charge in [-0.25, -0.2) is 13.8 Å². The zero-order valence-corrected chi connectivity index (χ0v) is 8.66. The Labute approximate surface area is 90.2 Å². The first kappa shape index (κ1) is 12.2. The summed E-state index contributed by atoms with van der Waals surface area (Å²) in [4.78, 5) is 14.5. The van der Waals surface area contributed by atoms with Gasteiger partial charge in [0, 0.05) is 6.07 Å². The number of pyridine rings is 1. The Bertz CT molecular complexity index is 410. The Balaban J connectivity index is 3.40. The van der Waals surface area contributed by atoms with Gasteiger partial charge in [0.2, 0.25) is 5.88 Å². The minimum Gasteiger partial charge on any atom is -0.495 e. The Morgan fingerprint density at radius 1 is 1.44 bits per heavy atom. The molecule has 1 aromatic heterocycles. The summed E-state index contributed by atoms with van der Waals surface area (Å²) >= 11 is 0. The molecular formula is C9H10F2N2O3. The number of rotatable bonds is 4. The number of hydrogen-bond donors (Lipinski definition) is 1. The van der Waals surface area contributed by atoms with Gasteiger partial charge in [0.05, 0.1) is 14.2 Å². The van der Waals surface area contributed by atoms with Crippen molar-refractivity contribution in [2.75, 3.05) is 14.2 Å². The summed E-state index contributed by atoms with van der Waals surface area (Å²) in [6.07, 6.45) is -2.83. The van der Waals surface area contributed by atoms with E-state index in [-0.39, 0.29) is 17.2 Å². The molecule has 0 bridgehead atoms. The van der Waals surface area contributed by atoms with E-state index in [0.29, 0.717) is 0 Å². The van der Waals surface area contributed by atoms with Gasteiger partial charge in [-0.3, -0.25) is 4.79 Å². The molecular weight excluding hydrogens is 222 g/mol. The van der Waals surface area contributed by atoms with Gasteiger partial charge < -0.3 is 15.2 Å². The lowest BCUT2D eigenvalue weighted by Gasteiger charge is -2.11. The molecule has 1 aromatic rings. The molecule has 0 aliphatic carbocycles. The second-order valence-electron chi connectivity index (χ2n) is 2.80. The van der Waals surface area contributed by atoms with Gasteiger partial charge in [-0.15, -0.1) is 0 Å². The minimum absolute atomic E-state index is 0.108. The standard InChI is InChI=1S/C9H10F2N2O3/c1-15-5-3-4(8(12)14)9(16-2)13-6(5)7(10)11/h3,7H,1-2H3,(H2,12,14). The molecule has 1 rings (SSSR count). The maximum Gasteiger partial charge on any atom is 0.284 e. The van der Waals surface area contributed by atoms with E-state index in [2.05, 4.69) is 4.98 Å². The van der Waals surface area contributed by atoms with E-state index in [1.54, 1.807) is 0 Å². The number of alkyl halides is 2. The Kier molecular flexibility index (Phi) is 3.60. The fraction of sp³-hybridized carbons (Fsp3) is 0.333. The number of methoxy groups -OCH3 is 2. The molecule has 0 atom stereocenters. The molecule has 1 heterocycles. The van der Waals surface area contributed by atoms with E-state index in [0.717, 1.165) is 6.07 Å². The monoisotopic (exact) mass is 232 g/mol. The van der Waals surface area contributed by atoms with Crippen molar-refractivity contribution in [1.82, 2.24) is 4.98 Å². The van der Waals surface area contributed by atoms with Gasteiger partial charge >= 0.3 is 0 Å². The van der Waals surface area contributed by atoms with Crippen LogP contribution in [0.3, 0.4) is 0 Å². The SMILES string of the molecule is COc1cc(C(N)=O)c(OC)nc1C(F)F. The van der Waals surface area contributed by atoms with Gasteiger partial charge in [-0.05, 0) is 0 Å². The molecule has 0 saturated heterocycles. The number of ether oxygens (including phenoxy) is 2. The lowest BCUT2D eigenvalue weighted by Crippen LogP contribution is -2.14. The number of primary amides is 1. The number of amides is 1. The highest BCUT2D eigenvalue weighted by atomic mass is 19.3. The van der Waals surface area contributed by atoms with Gasteiger partial charge in [0.25, 0.3) is 12.3 Å². The molecule has 0 aliphatic rings. The Morgan fingerprint density at radius 2 is 2.06 bits per heavy atom. The number of hydrogen-bond acceptors (Lipinski definition) is 4. The largest absolute Gasteiger partial charge is 0.495 e. The van der Waals surface area contributed by atoms with Crippen LogP contribution in [-0.4, -0.2) is 25.1 Å². The molecule has 0 saturated carbocycles. The quantitative estimate of drug-likeness (QED) is 0.844. The smallest absolute Gasteiger partial charge is 0.284 e. The van der Waals surface area contributed by atoms with Gasteiger partial charge in [0.15, 0.2) is 5.69 Å². The predicted octanol–water partition coefficient (Wildman–Crippen LogP) is 1.14. The van der Waals surface area contributed by atoms with Gasteiger partial charge in [-0.2, -0.15) is 0 Å². The van der Waals surface area contributed by atoms with E-state index in [1.807, 2.05) is 0 Å². The first-order chi connectivity index (χ1) is 7.51. The third-order valence-corrected chi connectivity index (χ3v) is 1.87. The van der Waals surface area contributed by atoms with E-state index in [1.165, 1.54) is 14.2 Å². The van der Waals surface area contributed by atoms with Crippen LogP contribution in [0, 0.1) is 0 Å². The van der Waals surface area contributed by atoms with Crippen molar-refractivity contribution in [3.8, 4) is 11.6 Å². The number of aromatic nitrogens is 1. The molecule has 0 fully saturated rings. The summed E-state index contributed by atoms with van der Waals surface area (Å²) in [6.45, 7) is 0. The summed E-state index contributed by atoms with van der Waals surface area (Å²) in [7, 11) is 2.40. The van der Waals surface area contributed by atoms with Crippen molar-refractivity contribution in [2.24, 2.45) is 5.73 Å². The molecule has 0 radical (unpaired) electrons. The molecule has 7 heteroatoms. The molecule has 0 aliphatic heterocycles. The first-order valence-corrected chi connectivity index (χ1v) is 4.22. The summed E-state index contributed by atoms with van der Waals surface area (Å²) in [6, 6.07) is 1.08. The highest BCUT2D eigenvalue weighted by Gasteiger charge is 2.22. The van der Waals surface area contributed by atoms with Crippen molar-refractivity contribution in [2.45, 2.75) is 6.43 Å². The molecule has 2 N–H and O–H groups in total. The second-order valence-corrected chi connectivity index (χ2v) is 2.80.